The van der Waals surface area contributed by atoms with Crippen LogP contribution in [0.5, 0.6) is 0 Å². The molecule has 1 heterocycles. The zero-order valence-electron chi connectivity index (χ0n) is 10.4. The van der Waals surface area contributed by atoms with E-state index in [1.165, 1.54) is 7.11 Å². The maximum Gasteiger partial charge on any atom is 0.338 e. The van der Waals surface area contributed by atoms with Gasteiger partial charge < -0.3 is 10.1 Å². The third-order valence-electron chi connectivity index (χ3n) is 2.26. The van der Waals surface area contributed by atoms with Gasteiger partial charge in [-0.25, -0.2) is 9.78 Å². The number of anilines is 1. The van der Waals surface area contributed by atoms with Gasteiger partial charge in [-0.05, 0) is 30.1 Å². The topological polar surface area (TPSA) is 51.2 Å². The minimum absolute atomic E-state index is 0.340. The molecule has 0 aliphatic carbocycles. The van der Waals surface area contributed by atoms with Gasteiger partial charge in [0.15, 0.2) is 0 Å². The number of carbonyl (C=O) groups excluding carboxylic acids is 1. The summed E-state index contributed by atoms with van der Waals surface area (Å²) >= 11 is 1.82. The number of nitrogens with zero attached hydrogens (tertiary/aromatic N) is 1. The lowest BCUT2D eigenvalue weighted by atomic mass is 10.2. The zero-order valence-corrected chi connectivity index (χ0v) is 11.2. The minimum Gasteiger partial charge on any atom is -0.465 e. The van der Waals surface area contributed by atoms with Crippen molar-refractivity contribution in [2.75, 3.05) is 31.0 Å². The number of methoxy groups -OCH3 is 1. The third-order valence-corrected chi connectivity index (χ3v) is 3.17. The molecule has 0 aromatic carbocycles. The first-order chi connectivity index (χ1) is 8.17. The summed E-state index contributed by atoms with van der Waals surface area (Å²) in [6.45, 7) is 3.02. The van der Waals surface area contributed by atoms with Crippen LogP contribution in [0.3, 0.4) is 0 Å². The third kappa shape index (κ3) is 4.65. The molecule has 1 rings (SSSR count). The van der Waals surface area contributed by atoms with Gasteiger partial charge in [-0.2, -0.15) is 11.8 Å². The Bertz CT molecular complexity index is 371. The number of nitrogens with one attached hydrogen (secondary N) is 1. The molecule has 1 aromatic heterocycles. The van der Waals surface area contributed by atoms with Crippen LogP contribution in [0, 0.1) is 5.92 Å². The number of hydrogen-bond acceptors (Lipinski definition) is 5. The van der Waals surface area contributed by atoms with Crippen LogP contribution in [0.25, 0.3) is 0 Å². The molecule has 4 nitrogen and oxygen atoms in total. The van der Waals surface area contributed by atoms with E-state index in [0.29, 0.717) is 17.3 Å². The summed E-state index contributed by atoms with van der Waals surface area (Å²) in [7, 11) is 1.37. The number of esters is 1. The van der Waals surface area contributed by atoms with Crippen LogP contribution in [0.15, 0.2) is 18.3 Å². The lowest BCUT2D eigenvalue weighted by molar-refractivity contribution is 0.0600. The maximum absolute atomic E-state index is 11.3. The molecule has 1 unspecified atom stereocenters. The van der Waals surface area contributed by atoms with Crippen molar-refractivity contribution in [3.63, 3.8) is 0 Å². The smallest absolute Gasteiger partial charge is 0.338 e. The zero-order chi connectivity index (χ0) is 12.7. The maximum atomic E-state index is 11.3. The number of carbonyl (C=O) groups is 1. The molecule has 5 heteroatoms. The monoisotopic (exact) mass is 254 g/mol. The summed E-state index contributed by atoms with van der Waals surface area (Å²) in [6.07, 6.45) is 3.69. The number of thioether (sulfide) groups is 1. The van der Waals surface area contributed by atoms with E-state index < -0.39 is 0 Å². The molecule has 0 radical (unpaired) electrons. The molecular weight excluding hydrogens is 236 g/mol. The van der Waals surface area contributed by atoms with Gasteiger partial charge in [0.1, 0.15) is 5.82 Å². The van der Waals surface area contributed by atoms with Gasteiger partial charge in [0.05, 0.1) is 12.7 Å². The van der Waals surface area contributed by atoms with Crippen LogP contribution in [0.4, 0.5) is 5.82 Å². The minimum atomic E-state index is -0.340. The van der Waals surface area contributed by atoms with Gasteiger partial charge in [0.25, 0.3) is 0 Å². The molecule has 0 amide bonds. The number of ether oxygens (including phenoxy) is 1. The Hall–Kier alpha value is -1.23. The molecule has 0 saturated carbocycles. The van der Waals surface area contributed by atoms with E-state index in [4.69, 9.17) is 0 Å². The van der Waals surface area contributed by atoms with Crippen LogP contribution >= 0.6 is 11.8 Å². The van der Waals surface area contributed by atoms with Crippen molar-refractivity contribution < 1.29 is 9.53 Å². The second kappa shape index (κ2) is 7.17. The molecule has 1 aromatic rings. The van der Waals surface area contributed by atoms with Crippen LogP contribution in [0.1, 0.15) is 17.3 Å². The molecule has 0 aliphatic heterocycles. The Morgan fingerprint density at radius 2 is 2.41 bits per heavy atom. The lowest BCUT2D eigenvalue weighted by Crippen LogP contribution is -2.14. The predicted octanol–water partition coefficient (Wildman–Crippen LogP) is 2.28. The molecular formula is C12H18N2O2S. The van der Waals surface area contributed by atoms with E-state index in [2.05, 4.69) is 28.2 Å². The van der Waals surface area contributed by atoms with Crippen LogP contribution < -0.4 is 5.32 Å². The van der Waals surface area contributed by atoms with Crippen molar-refractivity contribution in [3.8, 4) is 0 Å². The summed E-state index contributed by atoms with van der Waals surface area (Å²) in [5.41, 5.74) is 0.516. The van der Waals surface area contributed by atoms with Crippen molar-refractivity contribution in [2.45, 2.75) is 6.92 Å². The van der Waals surface area contributed by atoms with Gasteiger partial charge in [0.2, 0.25) is 0 Å². The molecule has 0 aliphatic rings. The number of hydrogen-bond donors (Lipinski definition) is 1. The van der Waals surface area contributed by atoms with E-state index in [-0.39, 0.29) is 5.97 Å². The number of aromatic nitrogens is 1. The Morgan fingerprint density at radius 3 is 3.06 bits per heavy atom. The summed E-state index contributed by atoms with van der Waals surface area (Å²) < 4.78 is 4.66. The molecule has 1 atom stereocenters. The second-order valence-corrected chi connectivity index (χ2v) is 4.77. The predicted molar refractivity (Wildman–Crippen MR) is 71.6 cm³/mol. The van der Waals surface area contributed by atoms with Crippen LogP contribution in [-0.4, -0.2) is 36.6 Å². The fraction of sp³-hybridized carbons (Fsp3) is 0.500. The number of pyridine rings is 1. The summed E-state index contributed by atoms with van der Waals surface area (Å²) in [4.78, 5) is 15.5. The summed E-state index contributed by atoms with van der Waals surface area (Å²) in [5, 5.41) is 3.22. The Labute approximate surface area is 106 Å². The van der Waals surface area contributed by atoms with E-state index in [1.54, 1.807) is 18.3 Å². The van der Waals surface area contributed by atoms with Crippen molar-refractivity contribution >= 4 is 23.5 Å². The number of rotatable bonds is 6. The second-order valence-electron chi connectivity index (χ2n) is 3.86. The van der Waals surface area contributed by atoms with E-state index in [1.807, 2.05) is 11.8 Å². The van der Waals surface area contributed by atoms with E-state index in [9.17, 15) is 4.79 Å². The first-order valence-corrected chi connectivity index (χ1v) is 6.84. The molecule has 0 bridgehead atoms. The van der Waals surface area contributed by atoms with Crippen LogP contribution in [0.2, 0.25) is 0 Å². The fourth-order valence-electron chi connectivity index (χ4n) is 1.39. The Morgan fingerprint density at radius 1 is 1.65 bits per heavy atom. The van der Waals surface area contributed by atoms with Gasteiger partial charge in [-0.3, -0.25) is 0 Å². The average molecular weight is 254 g/mol. The van der Waals surface area contributed by atoms with E-state index in [0.717, 1.165) is 12.3 Å². The Kier molecular flexibility index (Phi) is 5.83. The van der Waals surface area contributed by atoms with Crippen molar-refractivity contribution in [1.29, 1.82) is 0 Å². The fourth-order valence-corrected chi connectivity index (χ4v) is 2.08. The van der Waals surface area contributed by atoms with Gasteiger partial charge in [0, 0.05) is 12.7 Å². The van der Waals surface area contributed by atoms with Crippen molar-refractivity contribution in [2.24, 2.45) is 5.92 Å². The molecule has 94 valence electrons. The average Bonchev–Trinajstić information content (AvgIpc) is 2.36. The highest BCUT2D eigenvalue weighted by atomic mass is 32.2. The first kappa shape index (κ1) is 13.8. The van der Waals surface area contributed by atoms with E-state index >= 15 is 0 Å². The standard InChI is InChI=1S/C12H18N2O2S/c1-9(8-17-3)7-14-11-6-10(4-5-13-11)12(15)16-2/h4-6,9H,7-8H2,1-3H3,(H,13,14). The molecule has 0 saturated heterocycles. The van der Waals surface area contributed by atoms with Crippen molar-refractivity contribution in [1.82, 2.24) is 4.98 Å². The first-order valence-electron chi connectivity index (χ1n) is 5.44. The molecule has 1 N–H and O–H groups in total. The summed E-state index contributed by atoms with van der Waals surface area (Å²) in [6, 6.07) is 3.35. The molecule has 17 heavy (non-hydrogen) atoms. The van der Waals surface area contributed by atoms with Crippen LogP contribution in [-0.2, 0) is 4.74 Å². The lowest BCUT2D eigenvalue weighted by Gasteiger charge is -2.11. The highest BCUT2D eigenvalue weighted by molar-refractivity contribution is 7.98. The molecule has 0 spiro atoms. The largest absolute Gasteiger partial charge is 0.465 e. The quantitative estimate of drug-likeness (QED) is 0.789. The highest BCUT2D eigenvalue weighted by Crippen LogP contribution is 2.10. The van der Waals surface area contributed by atoms with Gasteiger partial charge in [-0.1, -0.05) is 6.92 Å². The van der Waals surface area contributed by atoms with Crippen molar-refractivity contribution in [3.05, 3.63) is 23.9 Å². The molecule has 0 fully saturated rings. The van der Waals surface area contributed by atoms with Gasteiger partial charge >= 0.3 is 5.97 Å². The highest BCUT2D eigenvalue weighted by Gasteiger charge is 2.07. The summed E-state index contributed by atoms with van der Waals surface area (Å²) in [5.74, 6) is 2.03. The normalized spacial score (nSPS) is 11.9. The van der Waals surface area contributed by atoms with Gasteiger partial charge in [-0.15, -0.1) is 0 Å². The SMILES string of the molecule is COC(=O)c1ccnc(NCC(C)CSC)c1. The Balaban J connectivity index is 2.57.